The molecule has 2 heterocycles. The highest BCUT2D eigenvalue weighted by atomic mass is 16.7. The number of para-hydroxylation sites is 2. The van der Waals surface area contributed by atoms with Gasteiger partial charge in [0.25, 0.3) is 0 Å². The zero-order chi connectivity index (χ0) is 36.1. The maximum Gasteiger partial charge on any atom is 0.224 e. The number of carbonyl (C=O) groups excluding carboxylic acids is 2. The number of hydrogen-bond acceptors (Lipinski definition) is 8. The molecule has 2 fully saturated rings. The van der Waals surface area contributed by atoms with E-state index in [4.69, 9.17) is 19.9 Å². The van der Waals surface area contributed by atoms with Crippen LogP contribution in [-0.2, 0) is 37.0 Å². The van der Waals surface area contributed by atoms with Crippen LogP contribution in [0.1, 0.15) is 73.2 Å². The first-order chi connectivity index (χ1) is 25.4. The number of nitrogen functional groups attached to an aromatic ring is 1. The van der Waals surface area contributed by atoms with Crippen molar-refractivity contribution >= 4 is 23.2 Å². The lowest BCUT2D eigenvalue weighted by atomic mass is 9.99. The first-order valence-electron chi connectivity index (χ1n) is 18.3. The average Bonchev–Trinajstić information content (AvgIpc) is 3.18. The summed E-state index contributed by atoms with van der Waals surface area (Å²) in [5.74, 6) is -0.0748. The van der Waals surface area contributed by atoms with Gasteiger partial charge in [-0.05, 0) is 58.9 Å². The van der Waals surface area contributed by atoms with E-state index in [1.165, 1.54) is 0 Å². The third-order valence-corrected chi connectivity index (χ3v) is 9.66. The Balaban J connectivity index is 0.990. The van der Waals surface area contributed by atoms with Gasteiger partial charge in [-0.25, -0.2) is 0 Å². The molecule has 4 aromatic carbocycles. The highest BCUT2D eigenvalue weighted by Gasteiger charge is 2.33. The van der Waals surface area contributed by atoms with Crippen molar-refractivity contribution in [2.75, 3.05) is 43.9 Å². The van der Waals surface area contributed by atoms with E-state index in [9.17, 15) is 14.7 Å². The Morgan fingerprint density at radius 3 is 2.25 bits per heavy atom. The molecule has 0 saturated carbocycles. The zero-order valence-corrected chi connectivity index (χ0v) is 29.7. The van der Waals surface area contributed by atoms with Crippen molar-refractivity contribution in [3.05, 3.63) is 119 Å². The number of carbonyl (C=O) groups is 2. The largest absolute Gasteiger partial charge is 0.397 e. The summed E-state index contributed by atoms with van der Waals surface area (Å²) in [4.78, 5) is 27.2. The van der Waals surface area contributed by atoms with Gasteiger partial charge in [-0.2, -0.15) is 0 Å². The van der Waals surface area contributed by atoms with Gasteiger partial charge in [-0.3, -0.25) is 14.5 Å². The second-order valence-electron chi connectivity index (χ2n) is 13.6. The molecule has 0 aromatic heterocycles. The van der Waals surface area contributed by atoms with E-state index >= 15 is 0 Å². The molecule has 0 bridgehead atoms. The first kappa shape index (κ1) is 37.2. The van der Waals surface area contributed by atoms with Gasteiger partial charge in [0.1, 0.15) is 0 Å². The van der Waals surface area contributed by atoms with E-state index in [1.807, 2.05) is 48.5 Å². The van der Waals surface area contributed by atoms with Crippen LogP contribution in [0, 0.1) is 0 Å². The zero-order valence-electron chi connectivity index (χ0n) is 29.7. The molecular weight excluding hydrogens is 656 g/mol. The number of unbranched alkanes of at least 4 members (excludes halogenated alkanes) is 2. The Bertz CT molecular complexity index is 1740. The number of hydrogen-bond donors (Lipinski definition) is 4. The molecule has 10 nitrogen and oxygen atoms in total. The molecule has 52 heavy (non-hydrogen) atoms. The molecule has 2 amide bonds. The Morgan fingerprint density at radius 2 is 1.50 bits per heavy atom. The van der Waals surface area contributed by atoms with Crippen LogP contribution in [0.4, 0.5) is 11.4 Å². The van der Waals surface area contributed by atoms with Crippen LogP contribution in [0.3, 0.4) is 0 Å². The van der Waals surface area contributed by atoms with Crippen molar-refractivity contribution in [2.45, 2.75) is 70.2 Å². The molecule has 2 saturated heterocycles. The number of nitrogens with two attached hydrogens (primary N) is 1. The predicted octanol–water partition coefficient (Wildman–Crippen LogP) is 6.51. The minimum Gasteiger partial charge on any atom is -0.397 e. The number of ether oxygens (including phenoxy) is 3. The maximum atomic E-state index is 12.6. The first-order valence-corrected chi connectivity index (χ1v) is 18.3. The van der Waals surface area contributed by atoms with Crippen molar-refractivity contribution in [2.24, 2.45) is 0 Å². The number of nitrogens with zero attached hydrogens (tertiary/aromatic N) is 1. The second-order valence-corrected chi connectivity index (χ2v) is 13.6. The predicted molar refractivity (Wildman–Crippen MR) is 202 cm³/mol. The normalized spacial score (nSPS) is 19.2. The van der Waals surface area contributed by atoms with Crippen molar-refractivity contribution < 1.29 is 28.9 Å². The number of morpholine rings is 1. The van der Waals surface area contributed by atoms with Crippen LogP contribution < -0.4 is 16.4 Å². The minimum atomic E-state index is -0.510. The standard InChI is InChI=1S/C42H50N4O6/c43-37-9-4-5-10-38(37)45-41(49)12-3-1-2-11-40(48)44-27-31-7-6-8-35(25-31)32-17-19-34(20-18-32)42-51-36(28-46-21-23-50-24-22-46)26-39(52-42)33-15-13-30(29-47)14-16-33/h4-10,13-20,25,36,39,42,47H,1-3,11-12,21-24,26-29,43H2,(H,44,48)(H,45,49)/t36-,39+,42+/m0/s1. The number of anilines is 2. The van der Waals surface area contributed by atoms with Crippen molar-refractivity contribution in [3.63, 3.8) is 0 Å². The van der Waals surface area contributed by atoms with Gasteiger partial charge < -0.3 is 35.7 Å². The molecule has 3 atom stereocenters. The van der Waals surface area contributed by atoms with Crippen molar-refractivity contribution in [1.29, 1.82) is 0 Å². The van der Waals surface area contributed by atoms with Gasteiger partial charge in [-0.1, -0.05) is 85.3 Å². The van der Waals surface area contributed by atoms with Gasteiger partial charge in [-0.15, -0.1) is 0 Å². The van der Waals surface area contributed by atoms with Crippen molar-refractivity contribution in [1.82, 2.24) is 10.2 Å². The quantitative estimate of drug-likeness (QED) is 0.0812. The molecule has 5 N–H and O–H groups in total. The second kappa shape index (κ2) is 18.8. The van der Waals surface area contributed by atoms with Gasteiger partial charge in [0.05, 0.1) is 43.4 Å². The van der Waals surface area contributed by atoms with Gasteiger partial charge >= 0.3 is 0 Å². The number of aliphatic hydroxyl groups excluding tert-OH is 1. The highest BCUT2D eigenvalue weighted by Crippen LogP contribution is 2.38. The van der Waals surface area contributed by atoms with Crippen LogP contribution in [-0.4, -0.2) is 60.8 Å². The van der Waals surface area contributed by atoms with Crippen LogP contribution >= 0.6 is 0 Å². The fraction of sp³-hybridized carbons (Fsp3) is 0.381. The van der Waals surface area contributed by atoms with E-state index in [0.29, 0.717) is 37.2 Å². The summed E-state index contributed by atoms with van der Waals surface area (Å²) < 4.78 is 18.7. The Hall–Kier alpha value is -4.58. The number of benzene rings is 4. The Kier molecular flexibility index (Phi) is 13.4. The summed E-state index contributed by atoms with van der Waals surface area (Å²) in [7, 11) is 0. The van der Waals surface area contributed by atoms with Crippen molar-refractivity contribution in [3.8, 4) is 11.1 Å². The topological polar surface area (TPSA) is 135 Å². The number of aliphatic hydroxyl groups is 1. The van der Waals surface area contributed by atoms with E-state index < -0.39 is 6.29 Å². The molecular formula is C42H50N4O6. The van der Waals surface area contributed by atoms with Crippen LogP contribution in [0.2, 0.25) is 0 Å². The lowest BCUT2D eigenvalue weighted by molar-refractivity contribution is -0.253. The molecule has 6 rings (SSSR count). The summed E-state index contributed by atoms with van der Waals surface area (Å²) in [5, 5.41) is 15.4. The molecule has 2 aliphatic heterocycles. The number of amides is 2. The fourth-order valence-corrected chi connectivity index (χ4v) is 6.66. The van der Waals surface area contributed by atoms with Gasteiger partial charge in [0, 0.05) is 51.0 Å². The van der Waals surface area contributed by atoms with Gasteiger partial charge in [0.2, 0.25) is 11.8 Å². The third-order valence-electron chi connectivity index (χ3n) is 9.66. The number of nitrogens with one attached hydrogen (secondary N) is 2. The summed E-state index contributed by atoms with van der Waals surface area (Å²) in [6, 6.07) is 31.7. The van der Waals surface area contributed by atoms with Crippen LogP contribution in [0.15, 0.2) is 97.1 Å². The van der Waals surface area contributed by atoms with Crippen LogP contribution in [0.5, 0.6) is 0 Å². The number of rotatable bonds is 15. The molecule has 274 valence electrons. The molecule has 0 spiro atoms. The Labute approximate surface area is 306 Å². The molecule has 0 aliphatic carbocycles. The SMILES string of the molecule is Nc1ccccc1NC(=O)CCCCCC(=O)NCc1cccc(-c2ccc([C@@H]3O[C@H](CN4CCOCC4)C[C@H](c4ccc(CO)cc4)O3)cc2)c1. The smallest absolute Gasteiger partial charge is 0.224 e. The molecule has 0 unspecified atom stereocenters. The van der Waals surface area contributed by atoms with E-state index in [-0.39, 0.29) is 30.6 Å². The summed E-state index contributed by atoms with van der Waals surface area (Å²) >= 11 is 0. The molecule has 2 aliphatic rings. The van der Waals surface area contributed by atoms with E-state index in [1.54, 1.807) is 12.1 Å². The summed E-state index contributed by atoms with van der Waals surface area (Å²) in [5.41, 5.74) is 13.1. The van der Waals surface area contributed by atoms with E-state index in [2.05, 4.69) is 51.9 Å². The Morgan fingerprint density at radius 1 is 0.769 bits per heavy atom. The fourth-order valence-electron chi connectivity index (χ4n) is 6.66. The molecule has 0 radical (unpaired) electrons. The lowest BCUT2D eigenvalue weighted by Gasteiger charge is -2.39. The van der Waals surface area contributed by atoms with Gasteiger partial charge in [0.15, 0.2) is 6.29 Å². The monoisotopic (exact) mass is 706 g/mol. The summed E-state index contributed by atoms with van der Waals surface area (Å²) in [6.45, 7) is 4.55. The maximum absolute atomic E-state index is 12.6. The van der Waals surface area contributed by atoms with E-state index in [0.717, 1.165) is 85.5 Å². The average molecular weight is 707 g/mol. The summed E-state index contributed by atoms with van der Waals surface area (Å²) in [6.07, 6.45) is 3.14. The lowest BCUT2D eigenvalue weighted by Crippen LogP contribution is -2.44. The van der Waals surface area contributed by atoms with Crippen LogP contribution in [0.25, 0.3) is 11.1 Å². The highest BCUT2D eigenvalue weighted by molar-refractivity contribution is 5.93. The molecule has 4 aromatic rings. The minimum absolute atomic E-state index is 0.00156. The third kappa shape index (κ3) is 10.7. The molecule has 10 heteroatoms.